The molecular weight excluding hydrogens is 429 g/mol. The number of rotatable bonds is 9. The predicted molar refractivity (Wildman–Crippen MR) is 115 cm³/mol. The third-order valence-corrected chi connectivity index (χ3v) is 3.97. The molecule has 1 aromatic heterocycles. The molecule has 25 heavy (non-hydrogen) atoms. The summed E-state index contributed by atoms with van der Waals surface area (Å²) >= 11 is 0. The number of halogens is 1. The van der Waals surface area contributed by atoms with Crippen LogP contribution in [-0.4, -0.2) is 50.3 Å². The standard InChI is InChI=1S/C18H31N5O.HI/c1-3-19-18(20-10-7-13-24-4-2)22-15-16-8-9-17(21-14-16)23-11-5-6-12-23;/h8-9,14H,3-7,10-13,15H2,1-2H3,(H2,19,20,22);1H. The van der Waals surface area contributed by atoms with Crippen LogP contribution in [0.25, 0.3) is 0 Å². The second-order valence-corrected chi connectivity index (χ2v) is 5.89. The number of nitrogens with zero attached hydrogens (tertiary/aromatic N) is 3. The van der Waals surface area contributed by atoms with E-state index in [1.54, 1.807) is 0 Å². The topological polar surface area (TPSA) is 61.8 Å². The molecule has 0 amide bonds. The summed E-state index contributed by atoms with van der Waals surface area (Å²) in [6.07, 6.45) is 5.46. The van der Waals surface area contributed by atoms with E-state index in [0.717, 1.165) is 63.2 Å². The van der Waals surface area contributed by atoms with Gasteiger partial charge in [0.1, 0.15) is 5.82 Å². The molecule has 0 saturated carbocycles. The Hall–Kier alpha value is -1.09. The third kappa shape index (κ3) is 8.22. The van der Waals surface area contributed by atoms with Gasteiger partial charge in [0.25, 0.3) is 0 Å². The van der Waals surface area contributed by atoms with Gasteiger partial charge in [-0.3, -0.25) is 0 Å². The third-order valence-electron chi connectivity index (χ3n) is 3.97. The number of pyridine rings is 1. The summed E-state index contributed by atoms with van der Waals surface area (Å²) in [4.78, 5) is 11.6. The Bertz CT molecular complexity index is 489. The molecule has 2 rings (SSSR count). The van der Waals surface area contributed by atoms with Crippen LogP contribution in [0.15, 0.2) is 23.3 Å². The van der Waals surface area contributed by atoms with Crippen LogP contribution in [-0.2, 0) is 11.3 Å². The van der Waals surface area contributed by atoms with Gasteiger partial charge in [0, 0.05) is 45.6 Å². The zero-order valence-electron chi connectivity index (χ0n) is 15.5. The van der Waals surface area contributed by atoms with E-state index in [2.05, 4.69) is 44.6 Å². The minimum atomic E-state index is 0. The van der Waals surface area contributed by atoms with E-state index in [1.807, 2.05) is 13.1 Å². The molecule has 7 heteroatoms. The average Bonchev–Trinajstić information content (AvgIpc) is 3.14. The molecule has 142 valence electrons. The summed E-state index contributed by atoms with van der Waals surface area (Å²) in [6.45, 7) is 10.2. The van der Waals surface area contributed by atoms with Gasteiger partial charge in [0.2, 0.25) is 0 Å². The van der Waals surface area contributed by atoms with Crippen molar-refractivity contribution in [2.75, 3.05) is 44.3 Å². The van der Waals surface area contributed by atoms with Gasteiger partial charge in [-0.2, -0.15) is 0 Å². The smallest absolute Gasteiger partial charge is 0.191 e. The molecular formula is C18H32IN5O. The number of nitrogens with one attached hydrogen (secondary N) is 2. The molecule has 1 fully saturated rings. The van der Waals surface area contributed by atoms with Crippen molar-refractivity contribution in [3.8, 4) is 0 Å². The van der Waals surface area contributed by atoms with E-state index in [1.165, 1.54) is 12.8 Å². The monoisotopic (exact) mass is 461 g/mol. The molecule has 0 aromatic carbocycles. The Morgan fingerprint density at radius 3 is 2.68 bits per heavy atom. The molecule has 0 spiro atoms. The Morgan fingerprint density at radius 2 is 2.04 bits per heavy atom. The summed E-state index contributed by atoms with van der Waals surface area (Å²) in [5, 5.41) is 6.61. The van der Waals surface area contributed by atoms with Gasteiger partial charge in [0.15, 0.2) is 5.96 Å². The van der Waals surface area contributed by atoms with E-state index in [0.29, 0.717) is 6.54 Å². The number of aliphatic imine (C=N–C) groups is 1. The van der Waals surface area contributed by atoms with Crippen LogP contribution in [0.3, 0.4) is 0 Å². The fourth-order valence-electron chi connectivity index (χ4n) is 2.68. The van der Waals surface area contributed by atoms with Crippen LogP contribution in [0.4, 0.5) is 5.82 Å². The number of hydrogen-bond acceptors (Lipinski definition) is 4. The Kier molecular flexibility index (Phi) is 11.6. The van der Waals surface area contributed by atoms with Gasteiger partial charge in [-0.1, -0.05) is 6.07 Å². The lowest BCUT2D eigenvalue weighted by atomic mass is 10.3. The molecule has 1 saturated heterocycles. The minimum absolute atomic E-state index is 0. The SMILES string of the molecule is CCNC(=NCc1ccc(N2CCCC2)nc1)NCCCOCC.I. The first-order valence-electron chi connectivity index (χ1n) is 9.13. The highest BCUT2D eigenvalue weighted by molar-refractivity contribution is 14.0. The van der Waals surface area contributed by atoms with E-state index in [4.69, 9.17) is 4.74 Å². The second kappa shape index (κ2) is 13.2. The fourth-order valence-corrected chi connectivity index (χ4v) is 2.68. The molecule has 0 atom stereocenters. The number of hydrogen-bond donors (Lipinski definition) is 2. The molecule has 0 aliphatic carbocycles. The van der Waals surface area contributed by atoms with Crippen LogP contribution in [0.1, 0.15) is 38.7 Å². The van der Waals surface area contributed by atoms with Crippen molar-refractivity contribution in [2.24, 2.45) is 4.99 Å². The Labute approximate surface area is 168 Å². The van der Waals surface area contributed by atoms with Crippen molar-refractivity contribution in [1.82, 2.24) is 15.6 Å². The van der Waals surface area contributed by atoms with Crippen LogP contribution in [0, 0.1) is 0 Å². The first kappa shape index (κ1) is 22.0. The highest BCUT2D eigenvalue weighted by Crippen LogP contribution is 2.17. The van der Waals surface area contributed by atoms with Crippen molar-refractivity contribution in [1.29, 1.82) is 0 Å². The molecule has 6 nitrogen and oxygen atoms in total. The summed E-state index contributed by atoms with van der Waals surface area (Å²) in [5.74, 6) is 1.93. The zero-order valence-corrected chi connectivity index (χ0v) is 17.8. The lowest BCUT2D eigenvalue weighted by Gasteiger charge is -2.16. The largest absolute Gasteiger partial charge is 0.382 e. The van der Waals surface area contributed by atoms with Gasteiger partial charge in [-0.15, -0.1) is 24.0 Å². The van der Waals surface area contributed by atoms with Crippen molar-refractivity contribution >= 4 is 35.8 Å². The maximum absolute atomic E-state index is 5.35. The number of ether oxygens (including phenoxy) is 1. The molecule has 2 heterocycles. The van der Waals surface area contributed by atoms with Crippen molar-refractivity contribution < 1.29 is 4.74 Å². The zero-order chi connectivity index (χ0) is 17.0. The fraction of sp³-hybridized carbons (Fsp3) is 0.667. The summed E-state index contributed by atoms with van der Waals surface area (Å²) in [5.41, 5.74) is 1.13. The quantitative estimate of drug-likeness (QED) is 0.256. The maximum Gasteiger partial charge on any atom is 0.191 e. The predicted octanol–water partition coefficient (Wildman–Crippen LogP) is 2.78. The van der Waals surface area contributed by atoms with Gasteiger partial charge in [-0.25, -0.2) is 9.98 Å². The van der Waals surface area contributed by atoms with Crippen LogP contribution in [0.2, 0.25) is 0 Å². The summed E-state index contributed by atoms with van der Waals surface area (Å²) in [6, 6.07) is 4.24. The number of guanidine groups is 1. The highest BCUT2D eigenvalue weighted by Gasteiger charge is 2.12. The molecule has 0 bridgehead atoms. The van der Waals surface area contributed by atoms with Crippen LogP contribution in [0.5, 0.6) is 0 Å². The maximum atomic E-state index is 5.35. The van der Waals surface area contributed by atoms with Gasteiger partial charge >= 0.3 is 0 Å². The highest BCUT2D eigenvalue weighted by atomic mass is 127. The first-order chi connectivity index (χ1) is 11.8. The van der Waals surface area contributed by atoms with Crippen molar-refractivity contribution in [3.05, 3.63) is 23.9 Å². The normalized spacial score (nSPS) is 14.3. The van der Waals surface area contributed by atoms with E-state index >= 15 is 0 Å². The lowest BCUT2D eigenvalue weighted by molar-refractivity contribution is 0.145. The Morgan fingerprint density at radius 1 is 1.24 bits per heavy atom. The summed E-state index contributed by atoms with van der Waals surface area (Å²) in [7, 11) is 0. The first-order valence-corrected chi connectivity index (χ1v) is 9.13. The van der Waals surface area contributed by atoms with Gasteiger partial charge < -0.3 is 20.3 Å². The molecule has 0 radical (unpaired) electrons. The van der Waals surface area contributed by atoms with Gasteiger partial charge in [-0.05, 0) is 44.7 Å². The molecule has 1 aliphatic rings. The van der Waals surface area contributed by atoms with E-state index in [-0.39, 0.29) is 24.0 Å². The van der Waals surface area contributed by atoms with Gasteiger partial charge in [0.05, 0.1) is 6.54 Å². The van der Waals surface area contributed by atoms with E-state index in [9.17, 15) is 0 Å². The number of aromatic nitrogens is 1. The molecule has 2 N–H and O–H groups in total. The van der Waals surface area contributed by atoms with Crippen molar-refractivity contribution in [2.45, 2.75) is 39.7 Å². The Balaban J connectivity index is 0.00000312. The summed E-state index contributed by atoms with van der Waals surface area (Å²) < 4.78 is 5.35. The second-order valence-electron chi connectivity index (χ2n) is 5.89. The van der Waals surface area contributed by atoms with Crippen LogP contribution >= 0.6 is 24.0 Å². The van der Waals surface area contributed by atoms with Crippen LogP contribution < -0.4 is 15.5 Å². The molecule has 0 unspecified atom stereocenters. The van der Waals surface area contributed by atoms with E-state index < -0.39 is 0 Å². The lowest BCUT2D eigenvalue weighted by Crippen LogP contribution is -2.38. The minimum Gasteiger partial charge on any atom is -0.382 e. The van der Waals surface area contributed by atoms with Crippen molar-refractivity contribution in [3.63, 3.8) is 0 Å². The molecule has 1 aliphatic heterocycles. The molecule has 1 aromatic rings. The average molecular weight is 461 g/mol. The number of anilines is 1.